The number of hydrogen-bond acceptors (Lipinski definition) is 0. The minimum atomic E-state index is -0.270. The fraction of sp³-hybridized carbons (Fsp3) is 0.133. The molecule has 0 bridgehead atoms. The molecule has 0 fully saturated rings. The molecule has 2 aromatic rings. The van der Waals surface area contributed by atoms with Crippen LogP contribution in [0.25, 0.3) is 11.1 Å². The number of rotatable bonds is 3. The zero-order chi connectivity index (χ0) is 12.3. The maximum absolute atomic E-state index is 13.4. The normalized spacial score (nSPS) is 10.5. The second kappa shape index (κ2) is 5.09. The van der Waals surface area contributed by atoms with Crippen molar-refractivity contribution in [1.82, 2.24) is 0 Å². The lowest BCUT2D eigenvalue weighted by Gasteiger charge is -2.06. The first-order valence-corrected chi connectivity index (χ1v) is 5.54. The molecule has 0 N–H and O–H groups in total. The van der Waals surface area contributed by atoms with E-state index in [1.807, 2.05) is 0 Å². The predicted octanol–water partition coefficient (Wildman–Crippen LogP) is 4.40. The summed E-state index contributed by atoms with van der Waals surface area (Å²) < 4.78 is 26.2. The molecule has 0 saturated heterocycles. The summed E-state index contributed by atoms with van der Waals surface area (Å²) in [6.07, 6.45) is 1.27. The van der Waals surface area contributed by atoms with E-state index in [4.69, 9.17) is 0 Å². The lowest BCUT2D eigenvalue weighted by molar-refractivity contribution is 0.609. The summed E-state index contributed by atoms with van der Waals surface area (Å²) >= 11 is 0. The maximum atomic E-state index is 13.4. The Labute approximate surface area is 99.9 Å². The van der Waals surface area contributed by atoms with Gasteiger partial charge >= 0.3 is 0 Å². The fourth-order valence-electron chi connectivity index (χ4n) is 1.78. The molecule has 0 atom stereocenters. The molecule has 0 spiro atoms. The molecule has 87 valence electrons. The van der Waals surface area contributed by atoms with Crippen molar-refractivity contribution in [3.05, 3.63) is 66.6 Å². The van der Waals surface area contributed by atoms with Crippen LogP contribution in [0, 0.1) is 18.6 Å². The Bertz CT molecular complexity index is 501. The third-order valence-electron chi connectivity index (χ3n) is 2.67. The number of halogens is 2. The largest absolute Gasteiger partial charge is 0.207 e. The van der Waals surface area contributed by atoms with Crippen LogP contribution in [0.1, 0.15) is 12.0 Å². The van der Waals surface area contributed by atoms with Gasteiger partial charge in [-0.1, -0.05) is 25.1 Å². The third-order valence-corrected chi connectivity index (χ3v) is 2.67. The van der Waals surface area contributed by atoms with Gasteiger partial charge in [-0.15, -0.1) is 0 Å². The topological polar surface area (TPSA) is 0 Å². The first-order valence-electron chi connectivity index (χ1n) is 5.54. The van der Waals surface area contributed by atoms with Gasteiger partial charge in [0.25, 0.3) is 0 Å². The first-order chi connectivity index (χ1) is 8.20. The molecule has 0 aromatic heterocycles. The zero-order valence-corrected chi connectivity index (χ0v) is 9.42. The van der Waals surface area contributed by atoms with Gasteiger partial charge in [-0.05, 0) is 53.8 Å². The third kappa shape index (κ3) is 2.70. The van der Waals surface area contributed by atoms with Crippen molar-refractivity contribution in [2.75, 3.05) is 0 Å². The highest BCUT2D eigenvalue weighted by molar-refractivity contribution is 5.64. The van der Waals surface area contributed by atoms with Gasteiger partial charge in [0, 0.05) is 0 Å². The summed E-state index contributed by atoms with van der Waals surface area (Å²) in [6, 6.07) is 11.1. The molecule has 17 heavy (non-hydrogen) atoms. The van der Waals surface area contributed by atoms with Gasteiger partial charge in [0.15, 0.2) is 0 Å². The van der Waals surface area contributed by atoms with Crippen LogP contribution < -0.4 is 0 Å². The van der Waals surface area contributed by atoms with E-state index in [1.165, 1.54) is 18.2 Å². The maximum Gasteiger partial charge on any atom is 0.126 e. The number of benzene rings is 2. The van der Waals surface area contributed by atoms with E-state index in [1.54, 1.807) is 24.3 Å². The lowest BCUT2D eigenvalue weighted by atomic mass is 10.0. The fourth-order valence-corrected chi connectivity index (χ4v) is 1.78. The Hall–Kier alpha value is -1.70. The Morgan fingerprint density at radius 3 is 2.18 bits per heavy atom. The Balaban J connectivity index is 2.39. The quantitative estimate of drug-likeness (QED) is 0.734. The molecule has 0 unspecified atom stereocenters. The number of aryl methyl sites for hydroxylation is 1. The average Bonchev–Trinajstić information content (AvgIpc) is 2.33. The van der Waals surface area contributed by atoms with Gasteiger partial charge in [-0.2, -0.15) is 0 Å². The summed E-state index contributed by atoms with van der Waals surface area (Å²) in [5.41, 5.74) is 2.44. The molecule has 0 heterocycles. The van der Waals surface area contributed by atoms with Gasteiger partial charge in [0.1, 0.15) is 11.6 Å². The SMILES string of the molecule is [CH2]CCc1cc(-c2ccc(F)cc2)ccc1F. The van der Waals surface area contributed by atoms with E-state index in [-0.39, 0.29) is 11.6 Å². The molecular formula is C15H13F2. The highest BCUT2D eigenvalue weighted by Gasteiger charge is 2.04. The molecule has 0 aliphatic rings. The zero-order valence-electron chi connectivity index (χ0n) is 9.42. The van der Waals surface area contributed by atoms with E-state index in [0.717, 1.165) is 11.1 Å². The Morgan fingerprint density at radius 2 is 1.53 bits per heavy atom. The molecule has 2 aromatic carbocycles. The highest BCUT2D eigenvalue weighted by atomic mass is 19.1. The van der Waals surface area contributed by atoms with Crippen LogP contribution in [0.4, 0.5) is 8.78 Å². The van der Waals surface area contributed by atoms with Gasteiger partial charge in [-0.25, -0.2) is 8.78 Å². The monoisotopic (exact) mass is 231 g/mol. The van der Waals surface area contributed by atoms with Crippen molar-refractivity contribution in [1.29, 1.82) is 0 Å². The van der Waals surface area contributed by atoms with E-state index >= 15 is 0 Å². The number of hydrogen-bond donors (Lipinski definition) is 0. The lowest BCUT2D eigenvalue weighted by Crippen LogP contribution is -1.91. The second-order valence-corrected chi connectivity index (χ2v) is 3.92. The standard InChI is InChI=1S/C15H13F2/c1-2-3-13-10-12(6-9-15(13)17)11-4-7-14(16)8-5-11/h4-10H,1-3H2. The molecule has 0 aliphatic carbocycles. The van der Waals surface area contributed by atoms with Crippen molar-refractivity contribution in [2.24, 2.45) is 0 Å². The van der Waals surface area contributed by atoms with Crippen LogP contribution in [-0.4, -0.2) is 0 Å². The van der Waals surface area contributed by atoms with Crippen molar-refractivity contribution >= 4 is 0 Å². The van der Waals surface area contributed by atoms with Gasteiger partial charge in [0.05, 0.1) is 0 Å². The van der Waals surface area contributed by atoms with E-state index in [0.29, 0.717) is 18.4 Å². The van der Waals surface area contributed by atoms with Crippen LogP contribution in [0.2, 0.25) is 0 Å². The summed E-state index contributed by atoms with van der Waals surface area (Å²) in [6.45, 7) is 3.72. The smallest absolute Gasteiger partial charge is 0.126 e. The molecule has 2 heteroatoms. The molecule has 1 radical (unpaired) electrons. The summed E-state index contributed by atoms with van der Waals surface area (Å²) in [7, 11) is 0. The molecule has 2 rings (SSSR count). The van der Waals surface area contributed by atoms with E-state index < -0.39 is 0 Å². The molecular weight excluding hydrogens is 218 g/mol. The van der Waals surface area contributed by atoms with Gasteiger partial charge in [-0.3, -0.25) is 0 Å². The van der Waals surface area contributed by atoms with Crippen LogP contribution >= 0.6 is 0 Å². The predicted molar refractivity (Wildman–Crippen MR) is 65.5 cm³/mol. The second-order valence-electron chi connectivity index (χ2n) is 3.92. The van der Waals surface area contributed by atoms with Crippen LogP contribution in [0.3, 0.4) is 0 Å². The molecule has 0 aliphatic heterocycles. The summed E-state index contributed by atoms with van der Waals surface area (Å²) in [5, 5.41) is 0. The van der Waals surface area contributed by atoms with E-state index in [2.05, 4.69) is 6.92 Å². The minimum absolute atomic E-state index is 0.209. The van der Waals surface area contributed by atoms with Crippen molar-refractivity contribution in [3.63, 3.8) is 0 Å². The molecule has 0 amide bonds. The summed E-state index contributed by atoms with van der Waals surface area (Å²) in [4.78, 5) is 0. The van der Waals surface area contributed by atoms with E-state index in [9.17, 15) is 8.78 Å². The van der Waals surface area contributed by atoms with Crippen molar-refractivity contribution in [3.8, 4) is 11.1 Å². The Kier molecular flexibility index (Phi) is 3.52. The van der Waals surface area contributed by atoms with Crippen LogP contribution in [0.5, 0.6) is 0 Å². The Morgan fingerprint density at radius 1 is 0.882 bits per heavy atom. The molecule has 0 nitrogen and oxygen atoms in total. The first kappa shape index (κ1) is 11.8. The average molecular weight is 231 g/mol. The highest BCUT2D eigenvalue weighted by Crippen LogP contribution is 2.23. The minimum Gasteiger partial charge on any atom is -0.207 e. The van der Waals surface area contributed by atoms with Crippen LogP contribution in [0.15, 0.2) is 42.5 Å². The van der Waals surface area contributed by atoms with Crippen molar-refractivity contribution < 1.29 is 8.78 Å². The molecule has 0 saturated carbocycles. The van der Waals surface area contributed by atoms with Crippen LogP contribution in [-0.2, 0) is 6.42 Å². The summed E-state index contributed by atoms with van der Waals surface area (Å²) in [5.74, 6) is -0.478. The van der Waals surface area contributed by atoms with Gasteiger partial charge in [0.2, 0.25) is 0 Å². The van der Waals surface area contributed by atoms with Gasteiger partial charge < -0.3 is 0 Å². The van der Waals surface area contributed by atoms with Crippen molar-refractivity contribution in [2.45, 2.75) is 12.8 Å².